The van der Waals surface area contributed by atoms with Gasteiger partial charge in [0.2, 0.25) is 0 Å². The highest BCUT2D eigenvalue weighted by molar-refractivity contribution is 5.91. The average molecular weight is 225 g/mol. The Hall–Kier alpha value is -2.08. The first-order valence-corrected chi connectivity index (χ1v) is 4.46. The highest BCUT2D eigenvalue weighted by Gasteiger charge is 2.18. The number of hydrogen-bond acceptors (Lipinski definition) is 4. The second kappa shape index (κ2) is 4.63. The molecule has 0 fully saturated rings. The smallest absolute Gasteiger partial charge is 0.339 e. The van der Waals surface area contributed by atoms with Crippen LogP contribution >= 0.6 is 0 Å². The summed E-state index contributed by atoms with van der Waals surface area (Å²) in [5, 5.41) is 26.9. The fourth-order valence-electron chi connectivity index (χ4n) is 1.25. The minimum Gasteiger partial charge on any atom is -0.507 e. The van der Waals surface area contributed by atoms with Gasteiger partial charge in [-0.3, -0.25) is 4.79 Å². The van der Waals surface area contributed by atoms with E-state index in [0.717, 1.165) is 0 Å². The summed E-state index contributed by atoms with van der Waals surface area (Å²) in [5.74, 6) is -2.92. The molecule has 6 heteroatoms. The monoisotopic (exact) mass is 225 g/mol. The standard InChI is InChI=1S/C10H11NO5/c11-7(10(15)16)4-5-2-1-3-6(8(5)12)9(13)14/h1-3,7,12H,4,11H2,(H,13,14)(H,15,16). The number of carboxylic acids is 2. The van der Waals surface area contributed by atoms with E-state index in [9.17, 15) is 14.7 Å². The van der Waals surface area contributed by atoms with Crippen molar-refractivity contribution in [1.82, 2.24) is 0 Å². The third kappa shape index (κ3) is 2.48. The molecule has 86 valence electrons. The number of para-hydroxylation sites is 1. The molecule has 0 amide bonds. The van der Waals surface area contributed by atoms with Crippen LogP contribution in [0.4, 0.5) is 0 Å². The van der Waals surface area contributed by atoms with Crippen molar-refractivity contribution in [3.8, 4) is 5.75 Å². The summed E-state index contributed by atoms with van der Waals surface area (Å²) in [6, 6.07) is 2.92. The number of aliphatic carboxylic acids is 1. The number of hydrogen-bond donors (Lipinski definition) is 4. The van der Waals surface area contributed by atoms with Crippen LogP contribution in [0.2, 0.25) is 0 Å². The van der Waals surface area contributed by atoms with Gasteiger partial charge in [0.1, 0.15) is 17.4 Å². The van der Waals surface area contributed by atoms with Gasteiger partial charge in [0.25, 0.3) is 0 Å². The molecular weight excluding hydrogens is 214 g/mol. The van der Waals surface area contributed by atoms with Crippen LogP contribution in [-0.2, 0) is 11.2 Å². The van der Waals surface area contributed by atoms with Crippen molar-refractivity contribution in [3.63, 3.8) is 0 Å². The summed E-state index contributed by atoms with van der Waals surface area (Å²) >= 11 is 0. The van der Waals surface area contributed by atoms with Gasteiger partial charge >= 0.3 is 11.9 Å². The van der Waals surface area contributed by atoms with Gasteiger partial charge in [0, 0.05) is 6.42 Å². The number of carboxylic acid groups (broad SMARTS) is 2. The Labute approximate surface area is 90.9 Å². The number of carbonyl (C=O) groups is 2. The minimum atomic E-state index is -1.27. The van der Waals surface area contributed by atoms with Crippen LogP contribution in [0.15, 0.2) is 18.2 Å². The molecule has 0 aliphatic carbocycles. The third-order valence-corrected chi connectivity index (χ3v) is 2.11. The van der Waals surface area contributed by atoms with E-state index in [2.05, 4.69) is 0 Å². The van der Waals surface area contributed by atoms with Crippen molar-refractivity contribution in [3.05, 3.63) is 29.3 Å². The zero-order chi connectivity index (χ0) is 12.3. The van der Waals surface area contributed by atoms with Crippen molar-refractivity contribution in [2.75, 3.05) is 0 Å². The fourth-order valence-corrected chi connectivity index (χ4v) is 1.25. The second-order valence-electron chi connectivity index (χ2n) is 3.27. The van der Waals surface area contributed by atoms with Crippen molar-refractivity contribution >= 4 is 11.9 Å². The normalized spacial score (nSPS) is 12.1. The molecule has 0 aliphatic heterocycles. The van der Waals surface area contributed by atoms with Crippen LogP contribution in [0.5, 0.6) is 5.75 Å². The molecule has 5 N–H and O–H groups in total. The lowest BCUT2D eigenvalue weighted by Crippen LogP contribution is -2.32. The topological polar surface area (TPSA) is 121 Å². The van der Waals surface area contributed by atoms with Gasteiger partial charge in [-0.2, -0.15) is 0 Å². The maximum Gasteiger partial charge on any atom is 0.339 e. The lowest BCUT2D eigenvalue weighted by Gasteiger charge is -2.09. The molecule has 0 aromatic heterocycles. The molecule has 1 aromatic rings. The van der Waals surface area contributed by atoms with Crippen molar-refractivity contribution in [1.29, 1.82) is 0 Å². The Bertz CT molecular complexity index is 429. The van der Waals surface area contributed by atoms with Crippen LogP contribution in [0.3, 0.4) is 0 Å². The first-order valence-electron chi connectivity index (χ1n) is 4.46. The molecule has 0 bridgehead atoms. The molecule has 1 unspecified atom stereocenters. The Balaban J connectivity index is 3.02. The summed E-state index contributed by atoms with van der Waals surface area (Å²) in [4.78, 5) is 21.2. The lowest BCUT2D eigenvalue weighted by atomic mass is 10.0. The Morgan fingerprint density at radius 2 is 1.94 bits per heavy atom. The van der Waals surface area contributed by atoms with E-state index >= 15 is 0 Å². The van der Waals surface area contributed by atoms with E-state index < -0.39 is 23.7 Å². The maximum absolute atomic E-state index is 10.7. The van der Waals surface area contributed by atoms with Crippen LogP contribution in [0.25, 0.3) is 0 Å². The molecule has 1 rings (SSSR count). The van der Waals surface area contributed by atoms with Crippen molar-refractivity contribution < 1.29 is 24.9 Å². The van der Waals surface area contributed by atoms with Crippen LogP contribution in [0, 0.1) is 0 Å². The third-order valence-electron chi connectivity index (χ3n) is 2.11. The first kappa shape index (κ1) is 12.0. The zero-order valence-corrected chi connectivity index (χ0v) is 8.25. The number of phenols is 1. The average Bonchev–Trinajstić information content (AvgIpc) is 2.20. The fraction of sp³-hybridized carbons (Fsp3) is 0.200. The molecular formula is C10H11NO5. The molecule has 0 heterocycles. The Morgan fingerprint density at radius 1 is 1.31 bits per heavy atom. The van der Waals surface area contributed by atoms with Crippen LogP contribution in [0.1, 0.15) is 15.9 Å². The van der Waals surface area contributed by atoms with E-state index in [1.54, 1.807) is 0 Å². The number of rotatable bonds is 4. The summed E-state index contributed by atoms with van der Waals surface area (Å²) < 4.78 is 0. The van der Waals surface area contributed by atoms with Gasteiger partial charge in [-0.05, 0) is 11.6 Å². The van der Waals surface area contributed by atoms with E-state index in [4.69, 9.17) is 15.9 Å². The van der Waals surface area contributed by atoms with Crippen molar-refractivity contribution in [2.45, 2.75) is 12.5 Å². The van der Waals surface area contributed by atoms with E-state index in [1.165, 1.54) is 18.2 Å². The molecule has 0 saturated heterocycles. The van der Waals surface area contributed by atoms with Crippen LogP contribution in [-0.4, -0.2) is 33.3 Å². The van der Waals surface area contributed by atoms with E-state index in [-0.39, 0.29) is 17.5 Å². The van der Waals surface area contributed by atoms with Gasteiger partial charge in [-0.15, -0.1) is 0 Å². The number of aromatic carboxylic acids is 1. The summed E-state index contributed by atoms with van der Waals surface area (Å²) in [7, 11) is 0. The van der Waals surface area contributed by atoms with Crippen LogP contribution < -0.4 is 5.73 Å². The summed E-state index contributed by atoms with van der Waals surface area (Å²) in [6.07, 6.45) is -0.123. The molecule has 0 spiro atoms. The molecule has 0 radical (unpaired) electrons. The predicted molar refractivity (Wildman–Crippen MR) is 54.4 cm³/mol. The van der Waals surface area contributed by atoms with Gasteiger partial charge in [0.05, 0.1) is 0 Å². The van der Waals surface area contributed by atoms with E-state index in [1.807, 2.05) is 0 Å². The van der Waals surface area contributed by atoms with Gasteiger partial charge in [-0.25, -0.2) is 4.79 Å². The zero-order valence-electron chi connectivity index (χ0n) is 8.25. The Kier molecular flexibility index (Phi) is 3.47. The molecule has 0 aliphatic rings. The maximum atomic E-state index is 10.7. The lowest BCUT2D eigenvalue weighted by molar-refractivity contribution is -0.138. The summed E-state index contributed by atoms with van der Waals surface area (Å²) in [6.45, 7) is 0. The van der Waals surface area contributed by atoms with E-state index in [0.29, 0.717) is 0 Å². The number of aromatic hydroxyl groups is 1. The Morgan fingerprint density at radius 3 is 2.44 bits per heavy atom. The predicted octanol–water partition coefficient (Wildman–Crippen LogP) is 0.0448. The highest BCUT2D eigenvalue weighted by atomic mass is 16.4. The SMILES string of the molecule is NC(Cc1cccc(C(=O)O)c1O)C(=O)O. The summed E-state index contributed by atoms with van der Waals surface area (Å²) in [5.41, 5.74) is 5.22. The first-order chi connectivity index (χ1) is 7.43. The molecule has 0 saturated carbocycles. The van der Waals surface area contributed by atoms with Crippen molar-refractivity contribution in [2.24, 2.45) is 5.73 Å². The highest BCUT2D eigenvalue weighted by Crippen LogP contribution is 2.23. The van der Waals surface area contributed by atoms with Gasteiger partial charge in [-0.1, -0.05) is 12.1 Å². The molecule has 1 aromatic carbocycles. The second-order valence-corrected chi connectivity index (χ2v) is 3.27. The largest absolute Gasteiger partial charge is 0.507 e. The molecule has 1 atom stereocenters. The minimum absolute atomic E-state index is 0.123. The molecule has 6 nitrogen and oxygen atoms in total. The number of benzene rings is 1. The molecule has 16 heavy (non-hydrogen) atoms. The van der Waals surface area contributed by atoms with Gasteiger partial charge in [0.15, 0.2) is 0 Å². The number of nitrogens with two attached hydrogens (primary N) is 1. The van der Waals surface area contributed by atoms with Gasteiger partial charge < -0.3 is 21.1 Å². The quantitative estimate of drug-likeness (QED) is 0.574.